The van der Waals surface area contributed by atoms with Crippen molar-refractivity contribution in [2.24, 2.45) is 11.8 Å². The van der Waals surface area contributed by atoms with Gasteiger partial charge in [-0.05, 0) is 36.4 Å². The molecule has 0 radical (unpaired) electrons. The van der Waals surface area contributed by atoms with Crippen LogP contribution in [0.2, 0.25) is 0 Å². The zero-order chi connectivity index (χ0) is 25.3. The smallest absolute Gasteiger partial charge is 0.258 e. The normalized spacial score (nSPS) is 23.1. The predicted octanol–water partition coefficient (Wildman–Crippen LogP) is 0.963. The highest BCUT2D eigenvalue weighted by atomic mass is 16.5. The summed E-state index contributed by atoms with van der Waals surface area (Å²) in [6.07, 6.45) is 0. The molecule has 2 aliphatic heterocycles. The lowest BCUT2D eigenvalue weighted by Crippen LogP contribution is -2.48. The van der Waals surface area contributed by atoms with Crippen LogP contribution >= 0.6 is 0 Å². The summed E-state index contributed by atoms with van der Waals surface area (Å²) in [5, 5.41) is 13.2. The summed E-state index contributed by atoms with van der Waals surface area (Å²) in [6, 6.07) is 10.3. The van der Waals surface area contributed by atoms with E-state index in [1.54, 1.807) is 50.0 Å². The minimum atomic E-state index is -0.456. The highest BCUT2D eigenvalue weighted by molar-refractivity contribution is 5.94. The molecule has 1 saturated heterocycles. The van der Waals surface area contributed by atoms with Gasteiger partial charge in [0.25, 0.3) is 11.5 Å². The number of benzene rings is 1. The highest BCUT2D eigenvalue weighted by Gasteiger charge is 2.54. The van der Waals surface area contributed by atoms with Crippen LogP contribution in [0.1, 0.15) is 29.0 Å². The van der Waals surface area contributed by atoms with Gasteiger partial charge in [0.15, 0.2) is 0 Å². The number of aromatic nitrogens is 1. The molecule has 9 heteroatoms. The Balaban J connectivity index is 1.64. The van der Waals surface area contributed by atoms with E-state index >= 15 is 0 Å². The van der Waals surface area contributed by atoms with Crippen LogP contribution < -0.4 is 10.9 Å². The van der Waals surface area contributed by atoms with Crippen LogP contribution in [-0.2, 0) is 16.1 Å². The third kappa shape index (κ3) is 4.39. The first-order valence-electron chi connectivity index (χ1n) is 12.0. The number of fused-ring (bicyclic) bond motifs is 3. The number of rotatable bonds is 8. The van der Waals surface area contributed by atoms with Gasteiger partial charge in [0.2, 0.25) is 5.91 Å². The van der Waals surface area contributed by atoms with E-state index in [0.29, 0.717) is 37.4 Å². The molecule has 2 N–H and O–H groups in total. The number of carbonyl (C=O) groups is 2. The number of aliphatic hydroxyl groups excluding tert-OH is 1. The van der Waals surface area contributed by atoms with E-state index in [4.69, 9.17) is 4.74 Å². The number of pyridine rings is 1. The van der Waals surface area contributed by atoms with Crippen molar-refractivity contribution in [2.45, 2.75) is 25.6 Å². The van der Waals surface area contributed by atoms with Gasteiger partial charge in [-0.25, -0.2) is 0 Å². The van der Waals surface area contributed by atoms with Gasteiger partial charge in [-0.3, -0.25) is 19.3 Å². The minimum absolute atomic E-state index is 0.0406. The Kier molecular flexibility index (Phi) is 7.39. The van der Waals surface area contributed by atoms with E-state index in [-0.39, 0.29) is 41.9 Å². The third-order valence-electron chi connectivity index (χ3n) is 7.28. The number of amides is 2. The molecule has 2 amide bonds. The molecule has 9 nitrogen and oxygen atoms in total. The van der Waals surface area contributed by atoms with Crippen LogP contribution in [0.4, 0.5) is 0 Å². The number of aliphatic hydroxyl groups is 1. The van der Waals surface area contributed by atoms with E-state index < -0.39 is 6.04 Å². The fraction of sp³-hybridized carbons (Fsp3) is 0.500. The number of hydrogen-bond donors (Lipinski definition) is 2. The Morgan fingerprint density at radius 1 is 1.17 bits per heavy atom. The molecule has 2 aliphatic rings. The second-order valence-corrected chi connectivity index (χ2v) is 9.38. The van der Waals surface area contributed by atoms with Gasteiger partial charge >= 0.3 is 0 Å². The van der Waals surface area contributed by atoms with Gasteiger partial charge < -0.3 is 24.6 Å². The Bertz CT molecular complexity index is 1140. The molecule has 0 spiro atoms. The van der Waals surface area contributed by atoms with Crippen molar-refractivity contribution in [1.29, 1.82) is 0 Å². The van der Waals surface area contributed by atoms with Crippen molar-refractivity contribution in [2.75, 3.05) is 47.5 Å². The zero-order valence-electron chi connectivity index (χ0n) is 20.7. The van der Waals surface area contributed by atoms with Crippen LogP contribution in [0.5, 0.6) is 0 Å². The number of nitrogens with one attached hydrogen (secondary N) is 1. The molecule has 188 valence electrons. The lowest BCUT2D eigenvalue weighted by Gasteiger charge is -2.29. The van der Waals surface area contributed by atoms with Crippen molar-refractivity contribution >= 4 is 11.8 Å². The van der Waals surface area contributed by atoms with E-state index in [9.17, 15) is 19.5 Å². The number of likely N-dealkylation sites (tertiary alicyclic amines) is 1. The maximum atomic E-state index is 13.5. The van der Waals surface area contributed by atoms with Crippen molar-refractivity contribution < 1.29 is 19.4 Å². The lowest BCUT2D eigenvalue weighted by atomic mass is 9.88. The molecular formula is C26H34N4O5. The van der Waals surface area contributed by atoms with Crippen LogP contribution in [0.3, 0.4) is 0 Å². The molecule has 0 bridgehead atoms. The maximum Gasteiger partial charge on any atom is 0.258 e. The minimum Gasteiger partial charge on any atom is -0.396 e. The van der Waals surface area contributed by atoms with Crippen molar-refractivity contribution in [3.63, 3.8) is 0 Å². The Hall–Kier alpha value is -3.01. The van der Waals surface area contributed by atoms with E-state index in [2.05, 4.69) is 10.2 Å². The second-order valence-electron chi connectivity index (χ2n) is 9.38. The zero-order valence-corrected chi connectivity index (χ0v) is 20.7. The number of ether oxygens (including phenoxy) is 1. The van der Waals surface area contributed by atoms with Crippen molar-refractivity contribution in [1.82, 2.24) is 19.7 Å². The van der Waals surface area contributed by atoms with Crippen LogP contribution in [0.15, 0.2) is 41.2 Å². The number of carbonyl (C=O) groups excluding carboxylic acids is 2. The Labute approximate surface area is 205 Å². The maximum absolute atomic E-state index is 13.5. The van der Waals surface area contributed by atoms with Crippen molar-refractivity contribution in [3.8, 4) is 11.1 Å². The first-order chi connectivity index (χ1) is 16.8. The Morgan fingerprint density at radius 2 is 1.89 bits per heavy atom. The number of nitrogens with zero attached hydrogens (tertiary/aromatic N) is 3. The molecule has 4 rings (SSSR count). The first kappa shape index (κ1) is 25.1. The molecule has 1 aromatic heterocycles. The van der Waals surface area contributed by atoms with Crippen LogP contribution in [-0.4, -0.2) is 84.8 Å². The van der Waals surface area contributed by atoms with Gasteiger partial charge in [0.05, 0.1) is 18.7 Å². The summed E-state index contributed by atoms with van der Waals surface area (Å²) in [6.45, 7) is 3.78. The summed E-state index contributed by atoms with van der Waals surface area (Å²) in [7, 11) is 4.99. The quantitative estimate of drug-likeness (QED) is 0.544. The number of hydrogen-bond acceptors (Lipinski definition) is 6. The van der Waals surface area contributed by atoms with Gasteiger partial charge in [-0.15, -0.1) is 0 Å². The fourth-order valence-electron chi connectivity index (χ4n) is 5.63. The topological polar surface area (TPSA) is 104 Å². The molecule has 0 saturated carbocycles. The molecule has 3 heterocycles. The fourth-order valence-corrected chi connectivity index (χ4v) is 5.63. The van der Waals surface area contributed by atoms with Crippen LogP contribution in [0, 0.1) is 11.8 Å². The standard InChI is InChI=1S/C26H34N4O5/c1-5-29-22-19(20(15-31)23(29)24(32)27-12-13-35-4)14-30-21(22)11-10-18(26(30)34)16-6-8-17(9-7-16)25(33)28(2)3/h6-11,19-20,22-23,31H,5,12-15H2,1-4H3,(H,27,32)/t19-,20-,22+,23-/m0/s1. The summed E-state index contributed by atoms with van der Waals surface area (Å²) in [4.78, 5) is 42.3. The van der Waals surface area contributed by atoms with Gasteiger partial charge in [-0.2, -0.15) is 0 Å². The molecule has 2 aromatic rings. The Morgan fingerprint density at radius 3 is 2.49 bits per heavy atom. The molecule has 0 aliphatic carbocycles. The van der Waals surface area contributed by atoms with E-state index in [1.807, 2.05) is 19.1 Å². The second kappa shape index (κ2) is 10.3. The number of methoxy groups -OCH3 is 1. The molecule has 4 atom stereocenters. The SMILES string of the molecule is CCN1[C@H](C(=O)NCCOC)[C@@H](CO)[C@@H]2Cn3c(ccc(-c4ccc(C(=O)N(C)C)cc4)c3=O)[C@@H]21. The highest BCUT2D eigenvalue weighted by Crippen LogP contribution is 2.49. The number of likely N-dealkylation sites (N-methyl/N-ethyl adjacent to an activating group) is 1. The third-order valence-corrected chi connectivity index (χ3v) is 7.28. The molecule has 1 aromatic carbocycles. The first-order valence-corrected chi connectivity index (χ1v) is 12.0. The van der Waals surface area contributed by atoms with Crippen LogP contribution in [0.25, 0.3) is 11.1 Å². The summed E-state index contributed by atoms with van der Waals surface area (Å²) >= 11 is 0. The summed E-state index contributed by atoms with van der Waals surface area (Å²) < 4.78 is 6.82. The van der Waals surface area contributed by atoms with Gasteiger partial charge in [0.1, 0.15) is 0 Å². The lowest BCUT2D eigenvalue weighted by molar-refractivity contribution is -0.127. The van der Waals surface area contributed by atoms with E-state index in [0.717, 1.165) is 11.3 Å². The summed E-state index contributed by atoms with van der Waals surface area (Å²) in [5.74, 6) is -0.525. The molecule has 0 unspecified atom stereocenters. The average molecular weight is 483 g/mol. The average Bonchev–Trinajstić information content (AvgIpc) is 3.38. The van der Waals surface area contributed by atoms with Gasteiger partial charge in [-0.1, -0.05) is 19.1 Å². The monoisotopic (exact) mass is 482 g/mol. The largest absolute Gasteiger partial charge is 0.396 e. The molecule has 1 fully saturated rings. The summed E-state index contributed by atoms with van der Waals surface area (Å²) in [5.41, 5.74) is 2.65. The molecule has 35 heavy (non-hydrogen) atoms. The van der Waals surface area contributed by atoms with Crippen molar-refractivity contribution in [3.05, 3.63) is 58.0 Å². The van der Waals surface area contributed by atoms with E-state index in [1.165, 1.54) is 4.90 Å². The molecular weight excluding hydrogens is 448 g/mol. The predicted molar refractivity (Wildman–Crippen MR) is 132 cm³/mol. The van der Waals surface area contributed by atoms with Gasteiger partial charge in [0, 0.05) is 69.6 Å².